The van der Waals surface area contributed by atoms with Crippen LogP contribution in [-0.2, 0) is 0 Å². The van der Waals surface area contributed by atoms with Gasteiger partial charge in [0.2, 0.25) is 0 Å². The average molecular weight is 243 g/mol. The van der Waals surface area contributed by atoms with Crippen LogP contribution in [-0.4, -0.2) is 4.98 Å². The summed E-state index contributed by atoms with van der Waals surface area (Å²) in [5, 5.41) is 1.19. The molecule has 18 heavy (non-hydrogen) atoms. The van der Waals surface area contributed by atoms with Crippen molar-refractivity contribution in [1.82, 2.24) is 10.4 Å². The van der Waals surface area contributed by atoms with Gasteiger partial charge in [0, 0.05) is 17.6 Å². The largest absolute Gasteiger partial charge is 0.271 e. The molecule has 0 bridgehead atoms. The van der Waals surface area contributed by atoms with Gasteiger partial charge in [0.25, 0.3) is 0 Å². The highest BCUT2D eigenvalue weighted by atomic mass is 15.2. The predicted octanol–water partition coefficient (Wildman–Crippen LogP) is 3.18. The maximum atomic E-state index is 5.76. The third kappa shape index (κ3) is 2.52. The Bertz CT molecular complexity index is 505. The fourth-order valence-electron chi connectivity index (χ4n) is 2.57. The van der Waals surface area contributed by atoms with Crippen LogP contribution in [0.1, 0.15) is 38.3 Å². The Kier molecular flexibility index (Phi) is 4.28. The van der Waals surface area contributed by atoms with Crippen molar-refractivity contribution in [3.05, 3.63) is 42.1 Å². The maximum Gasteiger partial charge on any atom is 0.0705 e. The number of nitrogens with one attached hydrogen (secondary N) is 1. The second-order valence-electron chi connectivity index (χ2n) is 4.83. The number of nitrogens with zero attached hydrogens (tertiary/aromatic N) is 1. The molecule has 2 unspecified atom stereocenters. The van der Waals surface area contributed by atoms with E-state index < -0.39 is 0 Å². The Morgan fingerprint density at radius 2 is 2.06 bits per heavy atom. The van der Waals surface area contributed by atoms with Crippen molar-refractivity contribution in [3.63, 3.8) is 0 Å². The van der Waals surface area contributed by atoms with E-state index in [2.05, 4.69) is 36.4 Å². The van der Waals surface area contributed by atoms with E-state index in [0.29, 0.717) is 5.92 Å². The minimum atomic E-state index is 0.179. The zero-order valence-corrected chi connectivity index (χ0v) is 11.1. The molecule has 3 nitrogen and oxygen atoms in total. The summed E-state index contributed by atoms with van der Waals surface area (Å²) in [5.41, 5.74) is 5.23. The monoisotopic (exact) mass is 243 g/mol. The first-order valence-corrected chi connectivity index (χ1v) is 6.57. The molecule has 2 atom stereocenters. The molecule has 0 spiro atoms. The molecule has 0 saturated carbocycles. The van der Waals surface area contributed by atoms with Gasteiger partial charge < -0.3 is 0 Å². The molecular weight excluding hydrogens is 222 g/mol. The van der Waals surface area contributed by atoms with E-state index in [1.807, 2.05) is 24.4 Å². The standard InChI is InChI=1S/C15H21N3/c1-3-6-11(2)15(18-16)13-9-10-17-14-8-5-4-7-12(13)14/h4-5,7-11,15,18H,3,6,16H2,1-2H3. The van der Waals surface area contributed by atoms with Crippen LogP contribution in [0.5, 0.6) is 0 Å². The summed E-state index contributed by atoms with van der Waals surface area (Å²) in [5.74, 6) is 6.26. The SMILES string of the molecule is CCCC(C)C(NN)c1ccnc2ccccc12. The van der Waals surface area contributed by atoms with Crippen molar-refractivity contribution in [2.75, 3.05) is 0 Å². The summed E-state index contributed by atoms with van der Waals surface area (Å²) < 4.78 is 0. The Morgan fingerprint density at radius 1 is 1.28 bits per heavy atom. The second-order valence-corrected chi connectivity index (χ2v) is 4.83. The summed E-state index contributed by atoms with van der Waals surface area (Å²) in [6.45, 7) is 4.44. The number of hydrazine groups is 1. The molecule has 1 heterocycles. The van der Waals surface area contributed by atoms with Gasteiger partial charge in [-0.1, -0.05) is 38.5 Å². The zero-order chi connectivity index (χ0) is 13.0. The lowest BCUT2D eigenvalue weighted by Crippen LogP contribution is -2.32. The molecule has 0 radical (unpaired) electrons. The van der Waals surface area contributed by atoms with E-state index in [4.69, 9.17) is 5.84 Å². The number of fused-ring (bicyclic) bond motifs is 1. The summed E-state index contributed by atoms with van der Waals surface area (Å²) in [4.78, 5) is 4.40. The minimum Gasteiger partial charge on any atom is -0.271 e. The van der Waals surface area contributed by atoms with Gasteiger partial charge in [-0.15, -0.1) is 0 Å². The molecule has 0 amide bonds. The van der Waals surface area contributed by atoms with Gasteiger partial charge in [-0.2, -0.15) is 0 Å². The summed E-state index contributed by atoms with van der Waals surface area (Å²) in [6, 6.07) is 10.5. The third-order valence-corrected chi connectivity index (χ3v) is 3.51. The van der Waals surface area contributed by atoms with Crippen LogP contribution in [0.15, 0.2) is 36.5 Å². The van der Waals surface area contributed by atoms with Crippen LogP contribution in [0.25, 0.3) is 10.9 Å². The van der Waals surface area contributed by atoms with Crippen LogP contribution in [0.2, 0.25) is 0 Å². The van der Waals surface area contributed by atoms with Gasteiger partial charge >= 0.3 is 0 Å². The molecule has 96 valence electrons. The van der Waals surface area contributed by atoms with Crippen molar-refractivity contribution in [1.29, 1.82) is 0 Å². The topological polar surface area (TPSA) is 50.9 Å². The normalized spacial score (nSPS) is 14.6. The molecule has 1 aromatic heterocycles. The number of rotatable bonds is 5. The first-order valence-electron chi connectivity index (χ1n) is 6.57. The first kappa shape index (κ1) is 13.0. The van der Waals surface area contributed by atoms with Crippen molar-refractivity contribution < 1.29 is 0 Å². The fraction of sp³-hybridized carbons (Fsp3) is 0.400. The number of nitrogens with two attached hydrogens (primary N) is 1. The quantitative estimate of drug-likeness (QED) is 0.626. The van der Waals surface area contributed by atoms with Crippen molar-refractivity contribution >= 4 is 10.9 Å². The van der Waals surface area contributed by atoms with Gasteiger partial charge in [-0.05, 0) is 30.0 Å². The Balaban J connectivity index is 2.44. The highest BCUT2D eigenvalue weighted by Crippen LogP contribution is 2.29. The average Bonchev–Trinajstić information content (AvgIpc) is 2.40. The molecule has 0 saturated heterocycles. The van der Waals surface area contributed by atoms with E-state index in [1.165, 1.54) is 17.4 Å². The van der Waals surface area contributed by atoms with E-state index in [9.17, 15) is 0 Å². The number of hydrogen-bond acceptors (Lipinski definition) is 3. The Labute approximate surface area is 108 Å². The molecule has 2 aromatic rings. The van der Waals surface area contributed by atoms with Crippen LogP contribution in [0.4, 0.5) is 0 Å². The Morgan fingerprint density at radius 3 is 2.78 bits per heavy atom. The summed E-state index contributed by atoms with van der Waals surface area (Å²) >= 11 is 0. The molecule has 3 N–H and O–H groups in total. The van der Waals surface area contributed by atoms with Crippen LogP contribution < -0.4 is 11.3 Å². The highest BCUT2D eigenvalue weighted by molar-refractivity contribution is 5.82. The fourth-order valence-corrected chi connectivity index (χ4v) is 2.57. The Hall–Kier alpha value is -1.45. The lowest BCUT2D eigenvalue weighted by atomic mass is 9.90. The van der Waals surface area contributed by atoms with Crippen molar-refractivity contribution in [2.45, 2.75) is 32.7 Å². The molecule has 0 aliphatic carbocycles. The van der Waals surface area contributed by atoms with E-state index in [-0.39, 0.29) is 6.04 Å². The van der Waals surface area contributed by atoms with Gasteiger partial charge in [0.15, 0.2) is 0 Å². The zero-order valence-electron chi connectivity index (χ0n) is 11.1. The number of pyridine rings is 1. The maximum absolute atomic E-state index is 5.76. The summed E-state index contributed by atoms with van der Waals surface area (Å²) in [6.07, 6.45) is 4.19. The molecule has 0 aliphatic rings. The van der Waals surface area contributed by atoms with Crippen LogP contribution in [0, 0.1) is 5.92 Å². The number of benzene rings is 1. The molecular formula is C15H21N3. The highest BCUT2D eigenvalue weighted by Gasteiger charge is 2.19. The van der Waals surface area contributed by atoms with Crippen LogP contribution >= 0.6 is 0 Å². The van der Waals surface area contributed by atoms with Crippen molar-refractivity contribution in [3.8, 4) is 0 Å². The lowest BCUT2D eigenvalue weighted by molar-refractivity contribution is 0.370. The first-order chi connectivity index (χ1) is 8.77. The van der Waals surface area contributed by atoms with E-state index >= 15 is 0 Å². The van der Waals surface area contributed by atoms with Gasteiger partial charge in [-0.3, -0.25) is 16.3 Å². The smallest absolute Gasteiger partial charge is 0.0705 e. The minimum absolute atomic E-state index is 0.179. The molecule has 0 fully saturated rings. The van der Waals surface area contributed by atoms with Gasteiger partial charge in [-0.25, -0.2) is 0 Å². The lowest BCUT2D eigenvalue weighted by Gasteiger charge is -2.24. The number of hydrogen-bond donors (Lipinski definition) is 2. The van der Waals surface area contributed by atoms with Gasteiger partial charge in [0.05, 0.1) is 5.52 Å². The molecule has 1 aromatic carbocycles. The second kappa shape index (κ2) is 5.94. The third-order valence-electron chi connectivity index (χ3n) is 3.51. The van der Waals surface area contributed by atoms with Crippen molar-refractivity contribution in [2.24, 2.45) is 11.8 Å². The van der Waals surface area contributed by atoms with E-state index in [0.717, 1.165) is 11.9 Å². The van der Waals surface area contributed by atoms with Crippen LogP contribution in [0.3, 0.4) is 0 Å². The van der Waals surface area contributed by atoms with Gasteiger partial charge in [0.1, 0.15) is 0 Å². The molecule has 3 heteroatoms. The molecule has 2 rings (SSSR count). The summed E-state index contributed by atoms with van der Waals surface area (Å²) in [7, 11) is 0. The molecule has 0 aliphatic heterocycles. The number of aromatic nitrogens is 1. The van der Waals surface area contributed by atoms with E-state index in [1.54, 1.807) is 0 Å². The predicted molar refractivity (Wildman–Crippen MR) is 75.9 cm³/mol. The number of para-hydroxylation sites is 1.